The minimum atomic E-state index is -10.7. The quantitative estimate of drug-likeness (QED) is 0.150. The van der Waals surface area contributed by atoms with Crippen LogP contribution in [0.2, 0.25) is 0 Å². The normalized spacial score (nSPS) is 16.3. The molecule has 1 atom stereocenters. The molecule has 3 nitrogen and oxygen atoms in total. The molecule has 1 aliphatic carbocycles. The molecule has 155 valence electrons. The zero-order valence-electron chi connectivity index (χ0n) is 14.3. The van der Waals surface area contributed by atoms with E-state index in [0.717, 1.165) is 6.42 Å². The van der Waals surface area contributed by atoms with Gasteiger partial charge in [0.2, 0.25) is 0 Å². The molecule has 0 bridgehead atoms. The Bertz CT molecular complexity index is 541. The fourth-order valence-corrected chi connectivity index (χ4v) is 1.81. The third-order valence-electron chi connectivity index (χ3n) is 2.77. The molecule has 28 heavy (non-hydrogen) atoms. The van der Waals surface area contributed by atoms with E-state index in [4.69, 9.17) is 14.0 Å². The number of hydrogen-bond donors (Lipinski definition) is 0. The SMILES string of the molecule is CC([C]1[CH][CH][CH][CH]C1)c1ccccc1.F[P-](F)(F)(F)(F)F.[C-]#[O+].[C-]#[O+].[C-]#[O+].[Fe+2]. The Hall–Kier alpha value is -1.03. The summed E-state index contributed by atoms with van der Waals surface area (Å²) in [7, 11) is -10.7. The fourth-order valence-electron chi connectivity index (χ4n) is 1.81. The molecule has 1 unspecified atom stereocenters. The van der Waals surface area contributed by atoms with Crippen LogP contribution in [0.4, 0.5) is 25.2 Å². The molecular formula is C17H15F6FeO3P+. The van der Waals surface area contributed by atoms with Gasteiger partial charge in [0.25, 0.3) is 0 Å². The molecule has 11 heteroatoms. The van der Waals surface area contributed by atoms with E-state index in [9.17, 15) is 25.2 Å². The Morgan fingerprint density at radius 2 is 1.21 bits per heavy atom. The third-order valence-corrected chi connectivity index (χ3v) is 2.77. The Morgan fingerprint density at radius 3 is 1.54 bits per heavy atom. The van der Waals surface area contributed by atoms with Crippen molar-refractivity contribution in [3.8, 4) is 0 Å². The van der Waals surface area contributed by atoms with Crippen LogP contribution in [0.5, 0.6) is 0 Å². The summed E-state index contributed by atoms with van der Waals surface area (Å²) < 4.78 is 81.7. The smallest absolute Gasteiger partial charge is 2.00 e. The summed E-state index contributed by atoms with van der Waals surface area (Å²) in [5.74, 6) is 2.04. The second kappa shape index (κ2) is 14.9. The molecule has 1 fully saturated rings. The maximum Gasteiger partial charge on any atom is 2.00 e. The molecule has 0 saturated heterocycles. The van der Waals surface area contributed by atoms with Gasteiger partial charge >= 0.3 is 84.0 Å². The molecule has 0 aromatic heterocycles. The summed E-state index contributed by atoms with van der Waals surface area (Å²) >= 11 is 0. The molecule has 0 aliphatic heterocycles. The van der Waals surface area contributed by atoms with Gasteiger partial charge in [-0.2, -0.15) is 0 Å². The van der Waals surface area contributed by atoms with Crippen molar-refractivity contribution in [3.05, 3.63) is 87.4 Å². The van der Waals surface area contributed by atoms with Gasteiger partial charge in [-0.15, -0.1) is 0 Å². The summed E-state index contributed by atoms with van der Waals surface area (Å²) in [6.45, 7) is 15.8. The van der Waals surface area contributed by atoms with Crippen LogP contribution < -0.4 is 0 Å². The summed E-state index contributed by atoms with van der Waals surface area (Å²) in [5.41, 5.74) is 1.41. The Labute approximate surface area is 171 Å². The van der Waals surface area contributed by atoms with Gasteiger partial charge in [0.15, 0.2) is 0 Å². The zero-order valence-corrected chi connectivity index (χ0v) is 16.3. The van der Waals surface area contributed by atoms with E-state index in [-0.39, 0.29) is 17.1 Å². The van der Waals surface area contributed by atoms with E-state index in [0.29, 0.717) is 5.92 Å². The largest absolute Gasteiger partial charge is 2.00 e. The first-order valence-corrected chi connectivity index (χ1v) is 8.77. The predicted octanol–water partition coefficient (Wildman–Crippen LogP) is 6.85. The Morgan fingerprint density at radius 1 is 0.821 bits per heavy atom. The van der Waals surface area contributed by atoms with E-state index in [1.165, 1.54) is 11.5 Å². The van der Waals surface area contributed by atoms with Gasteiger partial charge in [0, 0.05) is 0 Å². The molecule has 0 heterocycles. The van der Waals surface area contributed by atoms with Crippen molar-refractivity contribution in [2.75, 3.05) is 0 Å². The van der Waals surface area contributed by atoms with Crippen LogP contribution in [0.15, 0.2) is 30.3 Å². The van der Waals surface area contributed by atoms with Crippen LogP contribution in [0.25, 0.3) is 0 Å². The second-order valence-electron chi connectivity index (χ2n) is 4.66. The van der Waals surface area contributed by atoms with Gasteiger partial charge in [0.05, 0.1) is 0 Å². The van der Waals surface area contributed by atoms with Crippen molar-refractivity contribution in [3.63, 3.8) is 0 Å². The average molecular weight is 468 g/mol. The van der Waals surface area contributed by atoms with Crippen LogP contribution in [-0.2, 0) is 31.0 Å². The van der Waals surface area contributed by atoms with E-state index < -0.39 is 7.81 Å². The number of benzene rings is 1. The van der Waals surface area contributed by atoms with Gasteiger partial charge in [-0.25, -0.2) is 0 Å². The van der Waals surface area contributed by atoms with E-state index in [1.54, 1.807) is 0 Å². The van der Waals surface area contributed by atoms with Gasteiger partial charge in [0.1, 0.15) is 0 Å². The molecule has 2 rings (SSSR count). The Kier molecular flexibility index (Phi) is 18.3. The maximum atomic E-state index is 9.87. The van der Waals surface area contributed by atoms with E-state index in [2.05, 4.69) is 82.9 Å². The molecule has 1 saturated carbocycles. The van der Waals surface area contributed by atoms with E-state index >= 15 is 0 Å². The standard InChI is InChI=1S/C14H15.3CO.F6P.Fe/c1-12(13-8-4-2-5-9-13)14-10-6-3-7-11-14;3*1-2;1-7(2,3,4,5)6;/h2-10,12H,11H2,1H3;;;;;/q;;;;-1;+2. The molecule has 1 aromatic carbocycles. The second-order valence-corrected chi connectivity index (χ2v) is 6.57. The number of halogens is 6. The first-order chi connectivity index (χ1) is 12.3. The molecule has 0 N–H and O–H groups in total. The summed E-state index contributed by atoms with van der Waals surface area (Å²) in [6.07, 6.45) is 9.78. The van der Waals surface area contributed by atoms with Crippen molar-refractivity contribution < 1.29 is 56.2 Å². The summed E-state index contributed by atoms with van der Waals surface area (Å²) in [6, 6.07) is 10.7. The molecule has 1 aromatic rings. The van der Waals surface area contributed by atoms with E-state index in [1.807, 2.05) is 0 Å². The van der Waals surface area contributed by atoms with Crippen molar-refractivity contribution in [1.29, 1.82) is 0 Å². The predicted molar refractivity (Wildman–Crippen MR) is 85.3 cm³/mol. The summed E-state index contributed by atoms with van der Waals surface area (Å²) in [5, 5.41) is 0. The molecular weight excluding hydrogens is 453 g/mol. The van der Waals surface area contributed by atoms with Gasteiger partial charge in [-0.3, -0.25) is 0 Å². The van der Waals surface area contributed by atoms with Crippen LogP contribution in [-0.4, -0.2) is 0 Å². The van der Waals surface area contributed by atoms with Gasteiger partial charge < -0.3 is 0 Å². The van der Waals surface area contributed by atoms with Crippen molar-refractivity contribution in [2.45, 2.75) is 19.3 Å². The van der Waals surface area contributed by atoms with Gasteiger partial charge in [-0.05, 0) is 49.5 Å². The van der Waals surface area contributed by atoms with Crippen LogP contribution in [0.3, 0.4) is 0 Å². The van der Waals surface area contributed by atoms with Gasteiger partial charge in [-0.1, -0.05) is 37.3 Å². The van der Waals surface area contributed by atoms with Crippen LogP contribution in [0.1, 0.15) is 24.8 Å². The fraction of sp³-hybridized carbons (Fsp3) is 0.176. The summed E-state index contributed by atoms with van der Waals surface area (Å²) in [4.78, 5) is 0. The maximum absolute atomic E-state index is 10.7. The molecule has 0 amide bonds. The Balaban J connectivity index is -0.000000177. The monoisotopic (exact) mass is 468 g/mol. The first-order valence-electron chi connectivity index (χ1n) is 6.74. The number of rotatable bonds is 2. The van der Waals surface area contributed by atoms with Crippen molar-refractivity contribution in [1.82, 2.24) is 0 Å². The van der Waals surface area contributed by atoms with Crippen molar-refractivity contribution in [2.24, 2.45) is 0 Å². The van der Waals surface area contributed by atoms with Crippen molar-refractivity contribution >= 4 is 7.81 Å². The average Bonchev–Trinajstić information content (AvgIpc) is 2.65. The topological polar surface area (TPSA) is 59.7 Å². The zero-order chi connectivity index (χ0) is 22.2. The third kappa shape index (κ3) is 27.2. The molecule has 0 spiro atoms. The number of hydrogen-bond acceptors (Lipinski definition) is 0. The molecule has 5 radical (unpaired) electrons. The molecule has 1 aliphatic rings. The van der Waals surface area contributed by atoms with Crippen LogP contribution >= 0.6 is 7.81 Å². The van der Waals surface area contributed by atoms with Crippen LogP contribution in [0, 0.1) is 51.6 Å². The minimum absolute atomic E-state index is 0. The first kappa shape index (κ1) is 34.5. The minimum Gasteiger partial charge on any atom is 2.00 e.